The Labute approximate surface area is 118 Å². The monoisotopic (exact) mass is 273 g/mol. The van der Waals surface area contributed by atoms with E-state index in [1.807, 2.05) is 24.3 Å². The quantitative estimate of drug-likeness (QED) is 0.906. The molecule has 0 spiro atoms. The van der Waals surface area contributed by atoms with Crippen molar-refractivity contribution in [2.75, 3.05) is 6.54 Å². The number of para-hydroxylation sites is 1. The highest BCUT2D eigenvalue weighted by Crippen LogP contribution is 2.40. The Bertz CT molecular complexity index is 597. The van der Waals surface area contributed by atoms with E-state index in [-0.39, 0.29) is 6.10 Å². The van der Waals surface area contributed by atoms with E-state index in [1.54, 1.807) is 0 Å². The lowest BCUT2D eigenvalue weighted by molar-refractivity contribution is 0.182. The van der Waals surface area contributed by atoms with Gasteiger partial charge in [0.2, 0.25) is 0 Å². The number of hydrogen-bond donors (Lipinski definition) is 1. The second kappa shape index (κ2) is 5.24. The van der Waals surface area contributed by atoms with Gasteiger partial charge < -0.3 is 10.5 Å². The fourth-order valence-electron chi connectivity index (χ4n) is 2.52. The minimum atomic E-state index is 0.108. The standard InChI is InChI=1S/C16H16ClNO/c17-15-7-2-1-5-13(15)14-6-3-4-11-8-9-12(10-18)19-16(11)14/h1-7,12H,8-10,18H2. The Morgan fingerprint density at radius 1 is 1.11 bits per heavy atom. The van der Waals surface area contributed by atoms with Gasteiger partial charge in [-0.3, -0.25) is 0 Å². The average Bonchev–Trinajstić information content (AvgIpc) is 2.47. The largest absolute Gasteiger partial charge is 0.488 e. The molecule has 0 fully saturated rings. The van der Waals surface area contributed by atoms with Crippen molar-refractivity contribution in [2.24, 2.45) is 5.73 Å². The molecule has 0 amide bonds. The van der Waals surface area contributed by atoms with Crippen LogP contribution in [0, 0.1) is 0 Å². The van der Waals surface area contributed by atoms with Gasteiger partial charge >= 0.3 is 0 Å². The molecule has 2 nitrogen and oxygen atoms in total. The molecule has 1 heterocycles. The van der Waals surface area contributed by atoms with Gasteiger partial charge in [-0.25, -0.2) is 0 Å². The molecule has 2 aromatic carbocycles. The van der Waals surface area contributed by atoms with Gasteiger partial charge in [0, 0.05) is 22.7 Å². The lowest BCUT2D eigenvalue weighted by atomic mass is 9.95. The third-order valence-corrected chi connectivity index (χ3v) is 3.87. The predicted octanol–water partition coefficient (Wildman–Crippen LogP) is 3.66. The van der Waals surface area contributed by atoms with Gasteiger partial charge in [0.1, 0.15) is 11.9 Å². The number of ether oxygens (including phenoxy) is 1. The van der Waals surface area contributed by atoms with E-state index in [1.165, 1.54) is 5.56 Å². The molecule has 0 aromatic heterocycles. The van der Waals surface area contributed by atoms with Gasteiger partial charge in [0.15, 0.2) is 0 Å². The second-order valence-corrected chi connectivity index (χ2v) is 5.20. The normalized spacial score (nSPS) is 17.7. The topological polar surface area (TPSA) is 35.2 Å². The first-order valence-corrected chi connectivity index (χ1v) is 6.91. The summed E-state index contributed by atoms with van der Waals surface area (Å²) in [5.41, 5.74) is 9.04. The maximum atomic E-state index is 6.29. The third kappa shape index (κ3) is 2.34. The Morgan fingerprint density at radius 3 is 2.68 bits per heavy atom. The summed E-state index contributed by atoms with van der Waals surface area (Å²) in [4.78, 5) is 0. The summed E-state index contributed by atoms with van der Waals surface area (Å²) in [5.74, 6) is 0.942. The van der Waals surface area contributed by atoms with Crippen LogP contribution in [-0.4, -0.2) is 12.6 Å². The molecule has 0 saturated heterocycles. The van der Waals surface area contributed by atoms with Gasteiger partial charge in [0.25, 0.3) is 0 Å². The maximum Gasteiger partial charge on any atom is 0.130 e. The van der Waals surface area contributed by atoms with E-state index in [9.17, 15) is 0 Å². The Hall–Kier alpha value is -1.51. The number of nitrogens with two attached hydrogens (primary N) is 1. The summed E-state index contributed by atoms with van der Waals surface area (Å²) < 4.78 is 6.04. The molecule has 1 aliphatic heterocycles. The van der Waals surface area contributed by atoms with Gasteiger partial charge in [-0.15, -0.1) is 0 Å². The Morgan fingerprint density at radius 2 is 1.89 bits per heavy atom. The number of benzene rings is 2. The number of aryl methyl sites for hydroxylation is 1. The SMILES string of the molecule is NCC1CCc2cccc(-c3ccccc3Cl)c2O1. The van der Waals surface area contributed by atoms with Crippen molar-refractivity contribution >= 4 is 11.6 Å². The molecular weight excluding hydrogens is 258 g/mol. The van der Waals surface area contributed by atoms with Gasteiger partial charge in [-0.2, -0.15) is 0 Å². The van der Waals surface area contributed by atoms with Crippen LogP contribution in [0.3, 0.4) is 0 Å². The number of fused-ring (bicyclic) bond motifs is 1. The highest BCUT2D eigenvalue weighted by Gasteiger charge is 2.22. The first-order chi connectivity index (χ1) is 9.29. The summed E-state index contributed by atoms with van der Waals surface area (Å²) in [5, 5.41) is 0.745. The third-order valence-electron chi connectivity index (χ3n) is 3.54. The van der Waals surface area contributed by atoms with Crippen LogP contribution in [0.15, 0.2) is 42.5 Å². The average molecular weight is 274 g/mol. The van der Waals surface area contributed by atoms with Crippen LogP contribution in [0.4, 0.5) is 0 Å². The fourth-order valence-corrected chi connectivity index (χ4v) is 2.76. The lowest BCUT2D eigenvalue weighted by Gasteiger charge is -2.27. The van der Waals surface area contributed by atoms with Crippen LogP contribution in [0.2, 0.25) is 5.02 Å². The zero-order valence-electron chi connectivity index (χ0n) is 10.6. The van der Waals surface area contributed by atoms with E-state index in [4.69, 9.17) is 22.1 Å². The molecule has 0 aliphatic carbocycles. The predicted molar refractivity (Wildman–Crippen MR) is 78.7 cm³/mol. The molecular formula is C16H16ClNO. The van der Waals surface area contributed by atoms with Crippen molar-refractivity contribution in [3.05, 3.63) is 53.1 Å². The van der Waals surface area contributed by atoms with Crippen molar-refractivity contribution in [1.29, 1.82) is 0 Å². The summed E-state index contributed by atoms with van der Waals surface area (Å²) in [6.45, 7) is 0.552. The first kappa shape index (κ1) is 12.5. The molecule has 1 aliphatic rings. The van der Waals surface area contributed by atoms with Crippen molar-refractivity contribution in [3.8, 4) is 16.9 Å². The summed E-state index contributed by atoms with van der Waals surface area (Å²) >= 11 is 6.29. The van der Waals surface area contributed by atoms with Crippen molar-refractivity contribution in [1.82, 2.24) is 0 Å². The highest BCUT2D eigenvalue weighted by atomic mass is 35.5. The minimum absolute atomic E-state index is 0.108. The van der Waals surface area contributed by atoms with Gasteiger partial charge in [0.05, 0.1) is 0 Å². The molecule has 2 N–H and O–H groups in total. The van der Waals surface area contributed by atoms with Gasteiger partial charge in [-0.1, -0.05) is 48.0 Å². The Balaban J connectivity index is 2.11. The number of hydrogen-bond acceptors (Lipinski definition) is 2. The van der Waals surface area contributed by atoms with Crippen LogP contribution in [0.25, 0.3) is 11.1 Å². The molecule has 3 rings (SSSR count). The summed E-state index contributed by atoms with van der Waals surface area (Å²) in [6.07, 6.45) is 2.10. The van der Waals surface area contributed by atoms with E-state index < -0.39 is 0 Å². The maximum absolute atomic E-state index is 6.29. The Kier molecular flexibility index (Phi) is 3.45. The minimum Gasteiger partial charge on any atom is -0.488 e. The van der Waals surface area contributed by atoms with Gasteiger partial charge in [-0.05, 0) is 24.5 Å². The van der Waals surface area contributed by atoms with Crippen molar-refractivity contribution in [2.45, 2.75) is 18.9 Å². The highest BCUT2D eigenvalue weighted by molar-refractivity contribution is 6.33. The van der Waals surface area contributed by atoms with E-state index in [2.05, 4.69) is 18.2 Å². The smallest absolute Gasteiger partial charge is 0.130 e. The molecule has 98 valence electrons. The molecule has 2 aromatic rings. The zero-order valence-corrected chi connectivity index (χ0v) is 11.4. The van der Waals surface area contributed by atoms with Crippen molar-refractivity contribution in [3.63, 3.8) is 0 Å². The molecule has 1 unspecified atom stereocenters. The molecule has 0 radical (unpaired) electrons. The first-order valence-electron chi connectivity index (χ1n) is 6.53. The lowest BCUT2D eigenvalue weighted by Crippen LogP contribution is -2.30. The number of rotatable bonds is 2. The second-order valence-electron chi connectivity index (χ2n) is 4.79. The van der Waals surface area contributed by atoms with Crippen LogP contribution in [0.5, 0.6) is 5.75 Å². The number of halogens is 1. The molecule has 0 saturated carbocycles. The van der Waals surface area contributed by atoms with Crippen LogP contribution in [-0.2, 0) is 6.42 Å². The molecule has 19 heavy (non-hydrogen) atoms. The van der Waals surface area contributed by atoms with Crippen LogP contribution < -0.4 is 10.5 Å². The zero-order chi connectivity index (χ0) is 13.2. The fraction of sp³-hybridized carbons (Fsp3) is 0.250. The van der Waals surface area contributed by atoms with Crippen LogP contribution in [0.1, 0.15) is 12.0 Å². The van der Waals surface area contributed by atoms with E-state index in [0.717, 1.165) is 34.7 Å². The molecule has 3 heteroatoms. The van der Waals surface area contributed by atoms with Crippen LogP contribution >= 0.6 is 11.6 Å². The van der Waals surface area contributed by atoms with E-state index >= 15 is 0 Å². The van der Waals surface area contributed by atoms with E-state index in [0.29, 0.717) is 6.54 Å². The summed E-state index contributed by atoms with van der Waals surface area (Å²) in [6, 6.07) is 14.1. The van der Waals surface area contributed by atoms with Crippen molar-refractivity contribution < 1.29 is 4.74 Å². The summed E-state index contributed by atoms with van der Waals surface area (Å²) in [7, 11) is 0. The molecule has 1 atom stereocenters. The molecule has 0 bridgehead atoms.